The summed E-state index contributed by atoms with van der Waals surface area (Å²) in [5, 5.41) is 11.4. The highest BCUT2D eigenvalue weighted by Crippen LogP contribution is 2.35. The van der Waals surface area contributed by atoms with Crippen molar-refractivity contribution in [1.29, 1.82) is 0 Å². The second kappa shape index (κ2) is 3.94. The second-order valence-corrected chi connectivity index (χ2v) is 5.11. The predicted molar refractivity (Wildman–Crippen MR) is 82.9 cm³/mol. The molecule has 0 aliphatic carbocycles. The second-order valence-electron chi connectivity index (χ2n) is 5.11. The molecule has 1 nitrogen and oxygen atoms in total. The third kappa shape index (κ3) is 1.45. The van der Waals surface area contributed by atoms with Crippen molar-refractivity contribution in [3.8, 4) is 0 Å². The van der Waals surface area contributed by atoms with Crippen molar-refractivity contribution in [2.75, 3.05) is 7.05 Å². The van der Waals surface area contributed by atoms with E-state index >= 15 is 0 Å². The Kier molecular flexibility index (Phi) is 2.23. The standard InChI is InChI=1S/C18H15N/c1-19-11-15-8-7-14-6-5-12-3-2-4-13-9-10-16(15)18(14)17(12)13/h2-10,19H,11H2,1H3. The van der Waals surface area contributed by atoms with Crippen LogP contribution in [0.4, 0.5) is 0 Å². The molecule has 1 heteroatoms. The van der Waals surface area contributed by atoms with Gasteiger partial charge in [-0.1, -0.05) is 54.6 Å². The van der Waals surface area contributed by atoms with Gasteiger partial charge in [-0.2, -0.15) is 0 Å². The van der Waals surface area contributed by atoms with E-state index in [9.17, 15) is 0 Å². The van der Waals surface area contributed by atoms with Crippen molar-refractivity contribution < 1.29 is 0 Å². The Labute approximate surface area is 112 Å². The Morgan fingerprint density at radius 2 is 1.37 bits per heavy atom. The van der Waals surface area contributed by atoms with Crippen LogP contribution in [0.15, 0.2) is 54.6 Å². The van der Waals surface area contributed by atoms with Crippen molar-refractivity contribution in [3.63, 3.8) is 0 Å². The summed E-state index contributed by atoms with van der Waals surface area (Å²) in [5.41, 5.74) is 1.37. The monoisotopic (exact) mass is 245 g/mol. The molecule has 0 atom stereocenters. The summed E-state index contributed by atoms with van der Waals surface area (Å²) in [6.07, 6.45) is 0. The van der Waals surface area contributed by atoms with E-state index in [0.29, 0.717) is 0 Å². The lowest BCUT2D eigenvalue weighted by Crippen LogP contribution is -2.05. The fourth-order valence-electron chi connectivity index (χ4n) is 3.14. The van der Waals surface area contributed by atoms with E-state index in [1.807, 2.05) is 7.05 Å². The zero-order valence-corrected chi connectivity index (χ0v) is 10.9. The molecule has 0 heterocycles. The maximum Gasteiger partial charge on any atom is 0.0208 e. The quantitative estimate of drug-likeness (QED) is 0.519. The van der Waals surface area contributed by atoms with Gasteiger partial charge in [0.05, 0.1) is 0 Å². The van der Waals surface area contributed by atoms with E-state index < -0.39 is 0 Å². The van der Waals surface area contributed by atoms with Crippen LogP contribution in [-0.4, -0.2) is 7.05 Å². The molecule has 1 N–H and O–H groups in total. The fourth-order valence-corrected chi connectivity index (χ4v) is 3.14. The lowest BCUT2D eigenvalue weighted by atomic mass is 9.92. The summed E-state index contributed by atoms with van der Waals surface area (Å²) in [4.78, 5) is 0. The van der Waals surface area contributed by atoms with Crippen LogP contribution in [0.2, 0.25) is 0 Å². The Hall–Kier alpha value is -2.12. The van der Waals surface area contributed by atoms with Crippen LogP contribution < -0.4 is 5.32 Å². The molecule has 0 amide bonds. The summed E-state index contributed by atoms with van der Waals surface area (Å²) in [6, 6.07) is 20.0. The van der Waals surface area contributed by atoms with Gasteiger partial charge in [0.25, 0.3) is 0 Å². The molecule has 0 aliphatic rings. The maximum atomic E-state index is 3.26. The largest absolute Gasteiger partial charge is 0.316 e. The van der Waals surface area contributed by atoms with Crippen molar-refractivity contribution in [2.45, 2.75) is 6.54 Å². The smallest absolute Gasteiger partial charge is 0.0208 e. The minimum absolute atomic E-state index is 0.911. The SMILES string of the molecule is CNCc1ccc2ccc3cccc4ccc1c2c34. The van der Waals surface area contributed by atoms with E-state index in [1.54, 1.807) is 0 Å². The van der Waals surface area contributed by atoms with Gasteiger partial charge in [-0.3, -0.25) is 0 Å². The lowest BCUT2D eigenvalue weighted by Gasteiger charge is -2.13. The Morgan fingerprint density at radius 1 is 0.737 bits per heavy atom. The molecule has 0 radical (unpaired) electrons. The normalized spacial score (nSPS) is 11.8. The number of rotatable bonds is 2. The molecule has 0 aromatic heterocycles. The van der Waals surface area contributed by atoms with Crippen LogP contribution in [0.25, 0.3) is 32.3 Å². The number of benzene rings is 4. The van der Waals surface area contributed by atoms with Gasteiger partial charge in [0, 0.05) is 6.54 Å². The highest BCUT2D eigenvalue weighted by atomic mass is 14.8. The highest BCUT2D eigenvalue weighted by molar-refractivity contribution is 6.23. The summed E-state index contributed by atoms with van der Waals surface area (Å²) in [5.74, 6) is 0. The summed E-state index contributed by atoms with van der Waals surface area (Å²) in [7, 11) is 2.00. The maximum absolute atomic E-state index is 3.26. The molecule has 0 unspecified atom stereocenters. The Balaban J connectivity index is 2.28. The van der Waals surface area contributed by atoms with Gasteiger partial charge in [-0.05, 0) is 44.9 Å². The topological polar surface area (TPSA) is 12.0 Å². The molecule has 0 aliphatic heterocycles. The molecule has 0 fully saturated rings. The molecule has 0 saturated carbocycles. The van der Waals surface area contributed by atoms with Gasteiger partial charge >= 0.3 is 0 Å². The van der Waals surface area contributed by atoms with Crippen LogP contribution in [0.3, 0.4) is 0 Å². The zero-order chi connectivity index (χ0) is 12.8. The zero-order valence-electron chi connectivity index (χ0n) is 10.9. The minimum Gasteiger partial charge on any atom is -0.316 e. The van der Waals surface area contributed by atoms with Crippen molar-refractivity contribution in [2.24, 2.45) is 0 Å². The summed E-state index contributed by atoms with van der Waals surface area (Å²) in [6.45, 7) is 0.911. The Bertz CT molecular complexity index is 861. The number of hydrogen-bond donors (Lipinski definition) is 1. The van der Waals surface area contributed by atoms with E-state index in [0.717, 1.165) is 6.54 Å². The molecule has 4 rings (SSSR count). The number of nitrogens with one attached hydrogen (secondary N) is 1. The predicted octanol–water partition coefficient (Wildman–Crippen LogP) is 4.30. The third-order valence-corrected chi connectivity index (χ3v) is 3.99. The van der Waals surface area contributed by atoms with Gasteiger partial charge in [0.2, 0.25) is 0 Å². The summed E-state index contributed by atoms with van der Waals surface area (Å²) < 4.78 is 0. The first kappa shape index (κ1) is 10.8. The van der Waals surface area contributed by atoms with Gasteiger partial charge in [-0.25, -0.2) is 0 Å². The molecule has 19 heavy (non-hydrogen) atoms. The summed E-state index contributed by atoms with van der Waals surface area (Å²) >= 11 is 0. The molecule has 0 spiro atoms. The van der Waals surface area contributed by atoms with Crippen molar-refractivity contribution in [1.82, 2.24) is 5.32 Å². The highest BCUT2D eigenvalue weighted by Gasteiger charge is 2.09. The molecular weight excluding hydrogens is 230 g/mol. The molecule has 4 aromatic rings. The van der Waals surface area contributed by atoms with E-state index in [2.05, 4.69) is 59.9 Å². The third-order valence-electron chi connectivity index (χ3n) is 3.99. The van der Waals surface area contributed by atoms with E-state index in [1.165, 1.54) is 37.9 Å². The lowest BCUT2D eigenvalue weighted by molar-refractivity contribution is 0.824. The first-order valence-electron chi connectivity index (χ1n) is 6.68. The molecule has 4 aromatic carbocycles. The van der Waals surface area contributed by atoms with Gasteiger partial charge in [0.15, 0.2) is 0 Å². The van der Waals surface area contributed by atoms with Crippen molar-refractivity contribution >= 4 is 32.3 Å². The van der Waals surface area contributed by atoms with Crippen LogP contribution >= 0.6 is 0 Å². The Morgan fingerprint density at radius 3 is 2.11 bits per heavy atom. The fraction of sp³-hybridized carbons (Fsp3) is 0.111. The number of hydrogen-bond acceptors (Lipinski definition) is 1. The van der Waals surface area contributed by atoms with E-state index in [-0.39, 0.29) is 0 Å². The van der Waals surface area contributed by atoms with Crippen LogP contribution in [-0.2, 0) is 6.54 Å². The molecule has 92 valence electrons. The minimum atomic E-state index is 0.911. The van der Waals surface area contributed by atoms with Gasteiger partial charge in [0.1, 0.15) is 0 Å². The van der Waals surface area contributed by atoms with Crippen LogP contribution in [0.5, 0.6) is 0 Å². The molecular formula is C18H15N. The van der Waals surface area contributed by atoms with E-state index in [4.69, 9.17) is 0 Å². The van der Waals surface area contributed by atoms with Crippen LogP contribution in [0.1, 0.15) is 5.56 Å². The first-order chi connectivity index (χ1) is 9.38. The first-order valence-corrected chi connectivity index (χ1v) is 6.68. The molecule has 0 bridgehead atoms. The molecule has 0 saturated heterocycles. The van der Waals surface area contributed by atoms with Gasteiger partial charge < -0.3 is 5.32 Å². The average molecular weight is 245 g/mol. The van der Waals surface area contributed by atoms with Crippen LogP contribution in [0, 0.1) is 0 Å². The average Bonchev–Trinajstić information content (AvgIpc) is 2.46. The van der Waals surface area contributed by atoms with Crippen molar-refractivity contribution in [3.05, 3.63) is 60.2 Å². The van der Waals surface area contributed by atoms with Gasteiger partial charge in [-0.15, -0.1) is 0 Å².